The second-order valence-electron chi connectivity index (χ2n) is 7.22. The monoisotopic (exact) mass is 579 g/mol. The maximum Gasteiger partial charge on any atom is 0.215 e. The van der Waals surface area contributed by atoms with Gasteiger partial charge in [-0.25, -0.2) is 25.3 Å². The summed E-state index contributed by atoms with van der Waals surface area (Å²) in [5.41, 5.74) is 5.54. The topological polar surface area (TPSA) is 135 Å². The highest BCUT2D eigenvalue weighted by atomic mass is 35.5. The van der Waals surface area contributed by atoms with E-state index in [1.54, 1.807) is 6.07 Å². The molecule has 0 radical (unpaired) electrons. The number of rotatable bonds is 8. The minimum atomic E-state index is -3.73. The van der Waals surface area contributed by atoms with Crippen LogP contribution in [0.2, 0.25) is 0 Å². The van der Waals surface area contributed by atoms with Crippen molar-refractivity contribution < 1.29 is 25.3 Å². The van der Waals surface area contributed by atoms with Crippen LogP contribution < -0.4 is 5.73 Å². The van der Waals surface area contributed by atoms with Crippen LogP contribution in [0.3, 0.4) is 0 Å². The molecular weight excluding hydrogens is 553 g/mol. The van der Waals surface area contributed by atoms with Gasteiger partial charge in [-0.3, -0.25) is 4.90 Å². The molecule has 1 aromatic heterocycles. The van der Waals surface area contributed by atoms with Crippen LogP contribution in [0.5, 0.6) is 0 Å². The quantitative estimate of drug-likeness (QED) is 0.493. The lowest BCUT2D eigenvalue weighted by Gasteiger charge is -2.33. The lowest BCUT2D eigenvalue weighted by molar-refractivity contribution is 0.197. The molecule has 0 saturated carbocycles. The number of nitrogens with two attached hydrogens (primary N) is 1. The molecule has 0 atom stereocenters. The van der Waals surface area contributed by atoms with Gasteiger partial charge in [0.2, 0.25) is 19.9 Å². The molecule has 2 heterocycles. The molecule has 1 aliphatic rings. The van der Waals surface area contributed by atoms with Crippen LogP contribution in [-0.2, 0) is 36.2 Å². The average molecular weight is 581 g/mol. The Morgan fingerprint density at radius 3 is 1.88 bits per heavy atom. The Balaban J connectivity index is 0.00000272. The van der Waals surface area contributed by atoms with Crippen molar-refractivity contribution in [1.29, 1.82) is 0 Å². The van der Waals surface area contributed by atoms with Gasteiger partial charge >= 0.3 is 0 Å². The van der Waals surface area contributed by atoms with E-state index in [1.165, 1.54) is 34.6 Å². The van der Waals surface area contributed by atoms with Gasteiger partial charge in [0, 0.05) is 44.1 Å². The van der Waals surface area contributed by atoms with Crippen molar-refractivity contribution in [3.05, 3.63) is 41.3 Å². The molecule has 2 aromatic rings. The fourth-order valence-corrected chi connectivity index (χ4v) is 7.95. The minimum Gasteiger partial charge on any atom is -0.326 e. The van der Waals surface area contributed by atoms with E-state index in [4.69, 9.17) is 5.73 Å². The van der Waals surface area contributed by atoms with E-state index in [0.29, 0.717) is 26.2 Å². The summed E-state index contributed by atoms with van der Waals surface area (Å²) in [6, 6.07) is 8.37. The van der Waals surface area contributed by atoms with Gasteiger partial charge in [-0.05, 0) is 36.4 Å². The van der Waals surface area contributed by atoms with E-state index in [9.17, 15) is 25.3 Å². The van der Waals surface area contributed by atoms with Gasteiger partial charge in [0.25, 0.3) is 0 Å². The number of benzene rings is 1. The summed E-state index contributed by atoms with van der Waals surface area (Å²) < 4.78 is 75.5. The van der Waals surface area contributed by atoms with Gasteiger partial charge in [0.15, 0.2) is 9.84 Å². The first-order valence-electron chi connectivity index (χ1n) is 9.48. The average Bonchev–Trinajstić information content (AvgIpc) is 3.22. The van der Waals surface area contributed by atoms with Gasteiger partial charge < -0.3 is 5.73 Å². The third-order valence-electron chi connectivity index (χ3n) is 5.07. The first-order valence-corrected chi connectivity index (χ1v) is 15.3. The summed E-state index contributed by atoms with van der Waals surface area (Å²) >= 11 is 1.09. The van der Waals surface area contributed by atoms with E-state index in [0.717, 1.165) is 22.5 Å². The number of hydrogen-bond acceptors (Lipinski definition) is 9. The molecule has 15 heteroatoms. The van der Waals surface area contributed by atoms with E-state index in [2.05, 4.69) is 0 Å². The maximum atomic E-state index is 12.7. The summed E-state index contributed by atoms with van der Waals surface area (Å²) in [4.78, 5) is 2.73. The molecule has 188 valence electrons. The van der Waals surface area contributed by atoms with Crippen LogP contribution >= 0.6 is 36.2 Å². The Morgan fingerprint density at radius 2 is 1.39 bits per heavy atom. The molecule has 1 aromatic carbocycles. The van der Waals surface area contributed by atoms with E-state index < -0.39 is 29.7 Å². The number of sulfone groups is 2. The molecule has 1 saturated heterocycles. The third kappa shape index (κ3) is 7.36. The van der Waals surface area contributed by atoms with Crippen molar-refractivity contribution >= 4 is 65.8 Å². The molecular formula is C18H27Cl2N3O6S4. The van der Waals surface area contributed by atoms with Gasteiger partial charge in [0.1, 0.15) is 4.21 Å². The summed E-state index contributed by atoms with van der Waals surface area (Å²) in [5, 5.41) is 0. The predicted octanol–water partition coefficient (Wildman–Crippen LogP) is 1.23. The van der Waals surface area contributed by atoms with Crippen molar-refractivity contribution in [3.63, 3.8) is 0 Å². The number of halogens is 2. The number of piperazine rings is 1. The van der Waals surface area contributed by atoms with Crippen LogP contribution in [0.25, 0.3) is 0 Å². The van der Waals surface area contributed by atoms with Crippen molar-refractivity contribution in [3.8, 4) is 0 Å². The molecule has 0 unspecified atom stereocenters. The molecule has 2 N–H and O–H groups in total. The molecule has 1 aliphatic heterocycles. The lowest BCUT2D eigenvalue weighted by atomic mass is 10.4. The zero-order chi connectivity index (χ0) is 22.9. The van der Waals surface area contributed by atoms with Gasteiger partial charge in [-0.2, -0.15) is 4.31 Å². The SMILES string of the molecule is CS(=O)(=O)N1CCN(CCS(=O)(=O)c2ccc(S(=O)(=O)c3ccc(CN)s3)cc2)CC1.Cl.Cl. The smallest absolute Gasteiger partial charge is 0.215 e. The fourth-order valence-electron chi connectivity index (χ4n) is 3.21. The number of nitrogens with zero attached hydrogens (tertiary/aromatic N) is 2. The van der Waals surface area contributed by atoms with E-state index >= 15 is 0 Å². The summed E-state index contributed by atoms with van der Waals surface area (Å²) in [5.74, 6) is -0.136. The first-order chi connectivity index (χ1) is 14.4. The molecule has 0 amide bonds. The van der Waals surface area contributed by atoms with Crippen LogP contribution in [0.4, 0.5) is 0 Å². The van der Waals surface area contributed by atoms with Gasteiger partial charge in [-0.1, -0.05) is 0 Å². The Hall–Kier alpha value is -0.770. The molecule has 0 spiro atoms. The number of sulfonamides is 1. The molecule has 1 fully saturated rings. The minimum absolute atomic E-state index is 0. The number of hydrogen-bond donors (Lipinski definition) is 1. The van der Waals surface area contributed by atoms with Crippen LogP contribution in [0.15, 0.2) is 50.4 Å². The zero-order valence-corrected chi connectivity index (χ0v) is 22.7. The Bertz CT molecular complexity index is 1240. The lowest BCUT2D eigenvalue weighted by Crippen LogP contribution is -2.49. The number of thiophene rings is 1. The molecule has 33 heavy (non-hydrogen) atoms. The maximum absolute atomic E-state index is 12.7. The second-order valence-corrected chi connectivity index (χ2v) is 14.7. The molecule has 0 aliphatic carbocycles. The fraction of sp³-hybridized carbons (Fsp3) is 0.444. The Morgan fingerprint density at radius 1 is 0.848 bits per heavy atom. The second kappa shape index (κ2) is 11.8. The third-order valence-corrected chi connectivity index (χ3v) is 11.5. The Kier molecular flexibility index (Phi) is 10.8. The summed E-state index contributed by atoms with van der Waals surface area (Å²) in [6.45, 7) is 2.12. The van der Waals surface area contributed by atoms with Crippen molar-refractivity contribution in [2.75, 3.05) is 44.7 Å². The highest BCUT2D eigenvalue weighted by Gasteiger charge is 2.25. The van der Waals surface area contributed by atoms with Crippen LogP contribution in [0, 0.1) is 0 Å². The van der Waals surface area contributed by atoms with Crippen LogP contribution in [0.1, 0.15) is 4.88 Å². The van der Waals surface area contributed by atoms with E-state index in [-0.39, 0.29) is 57.7 Å². The highest BCUT2D eigenvalue weighted by molar-refractivity contribution is 7.93. The highest BCUT2D eigenvalue weighted by Crippen LogP contribution is 2.28. The standard InChI is InChI=1S/C18H25N3O6S4.2ClH/c1-29(22,23)21-10-8-20(9-11-21)12-13-30(24,25)16-3-5-17(6-4-16)31(26,27)18-7-2-15(14-19)28-18;;/h2-7H,8-14,19H2,1H3;2*1H. The van der Waals surface area contributed by atoms with Gasteiger partial charge in [0.05, 0.1) is 21.8 Å². The molecule has 3 rings (SSSR count). The van der Waals surface area contributed by atoms with Crippen molar-refractivity contribution in [2.45, 2.75) is 20.5 Å². The van der Waals surface area contributed by atoms with Crippen molar-refractivity contribution in [1.82, 2.24) is 9.21 Å². The molecule has 0 bridgehead atoms. The Labute approximate surface area is 211 Å². The zero-order valence-electron chi connectivity index (χ0n) is 17.8. The van der Waals surface area contributed by atoms with Gasteiger partial charge in [-0.15, -0.1) is 36.2 Å². The largest absolute Gasteiger partial charge is 0.326 e. The van der Waals surface area contributed by atoms with Crippen molar-refractivity contribution in [2.24, 2.45) is 5.73 Å². The first kappa shape index (κ1) is 30.3. The predicted molar refractivity (Wildman–Crippen MR) is 134 cm³/mol. The van der Waals surface area contributed by atoms with Crippen LogP contribution in [-0.4, -0.2) is 79.2 Å². The molecule has 9 nitrogen and oxygen atoms in total. The summed E-state index contributed by atoms with van der Waals surface area (Å²) in [7, 11) is -10.6. The van der Waals surface area contributed by atoms with E-state index in [1.807, 2.05) is 4.90 Å². The summed E-state index contributed by atoms with van der Waals surface area (Å²) in [6.07, 6.45) is 1.16. The normalized spacial score (nSPS) is 16.1.